The molecule has 0 aromatic heterocycles. The monoisotopic (exact) mass is 396 g/mol. The van der Waals surface area contributed by atoms with Crippen LogP contribution in [0, 0.1) is 18.3 Å². The van der Waals surface area contributed by atoms with E-state index in [0.29, 0.717) is 17.9 Å². The fourth-order valence-corrected chi connectivity index (χ4v) is 4.32. The maximum Gasteiger partial charge on any atom is 0.338 e. The summed E-state index contributed by atoms with van der Waals surface area (Å²) in [7, 11) is 0. The molecule has 0 aliphatic heterocycles. The molecule has 1 atom stereocenters. The van der Waals surface area contributed by atoms with E-state index < -0.39 is 17.9 Å². The highest BCUT2D eigenvalue weighted by atomic mass is 16.5. The van der Waals surface area contributed by atoms with Gasteiger partial charge in [0.2, 0.25) is 5.78 Å². The highest BCUT2D eigenvalue weighted by molar-refractivity contribution is 6.00. The maximum atomic E-state index is 12.3. The number of Topliss-reactive ketones (excluding diaryl/α,β-unsaturated/α-hetero) is 1. The SMILES string of the molecule is C#CC(=O)C(CC)OC(=O)c1ccc(C2CCC(CCCCCCC)CC2)cc1. The summed E-state index contributed by atoms with van der Waals surface area (Å²) in [5.41, 5.74) is 1.77. The number of ether oxygens (including phenoxy) is 1. The molecule has 0 amide bonds. The molecule has 29 heavy (non-hydrogen) atoms. The first-order chi connectivity index (χ1) is 14.1. The summed E-state index contributed by atoms with van der Waals surface area (Å²) in [5.74, 6) is 2.54. The van der Waals surface area contributed by atoms with Crippen molar-refractivity contribution >= 4 is 11.8 Å². The van der Waals surface area contributed by atoms with Crippen molar-refractivity contribution in [2.45, 2.75) is 96.5 Å². The molecule has 1 unspecified atom stereocenters. The van der Waals surface area contributed by atoms with E-state index in [2.05, 4.69) is 6.92 Å². The smallest absolute Gasteiger partial charge is 0.338 e. The molecule has 0 spiro atoms. The van der Waals surface area contributed by atoms with Gasteiger partial charge in [-0.15, -0.1) is 6.42 Å². The zero-order chi connectivity index (χ0) is 21.1. The van der Waals surface area contributed by atoms with Crippen LogP contribution in [0.4, 0.5) is 0 Å². The topological polar surface area (TPSA) is 43.4 Å². The largest absolute Gasteiger partial charge is 0.450 e. The lowest BCUT2D eigenvalue weighted by Gasteiger charge is -2.29. The molecule has 0 saturated heterocycles. The quantitative estimate of drug-likeness (QED) is 0.187. The number of terminal acetylenes is 1. The molecule has 1 aromatic rings. The van der Waals surface area contributed by atoms with Gasteiger partial charge in [-0.25, -0.2) is 4.79 Å². The molecular weight excluding hydrogens is 360 g/mol. The second-order valence-corrected chi connectivity index (χ2v) is 8.35. The number of carbonyl (C=O) groups is 2. The molecule has 3 heteroatoms. The van der Waals surface area contributed by atoms with Crippen molar-refractivity contribution in [1.29, 1.82) is 0 Å². The Morgan fingerprint density at radius 2 is 1.69 bits per heavy atom. The Hall–Kier alpha value is -2.08. The summed E-state index contributed by atoms with van der Waals surface area (Å²) >= 11 is 0. The average molecular weight is 397 g/mol. The molecule has 158 valence electrons. The fraction of sp³-hybridized carbons (Fsp3) is 0.615. The third-order valence-corrected chi connectivity index (χ3v) is 6.24. The molecule has 1 aliphatic rings. The highest BCUT2D eigenvalue weighted by Gasteiger charge is 2.23. The molecule has 0 bridgehead atoms. The van der Waals surface area contributed by atoms with Crippen molar-refractivity contribution in [2.75, 3.05) is 0 Å². The Balaban J connectivity index is 1.80. The van der Waals surface area contributed by atoms with E-state index in [1.807, 2.05) is 30.2 Å². The van der Waals surface area contributed by atoms with Crippen LogP contribution in [0.5, 0.6) is 0 Å². The summed E-state index contributed by atoms with van der Waals surface area (Å²) in [6, 6.07) is 7.70. The normalized spacial score (nSPS) is 19.9. The number of unbranched alkanes of at least 4 members (excludes halogenated alkanes) is 4. The minimum Gasteiger partial charge on any atom is -0.450 e. The lowest BCUT2D eigenvalue weighted by atomic mass is 9.77. The van der Waals surface area contributed by atoms with Gasteiger partial charge in [0.05, 0.1) is 5.56 Å². The molecule has 0 radical (unpaired) electrons. The Morgan fingerprint density at radius 3 is 2.28 bits per heavy atom. The van der Waals surface area contributed by atoms with Gasteiger partial charge in [-0.1, -0.05) is 64.5 Å². The predicted octanol–water partition coefficient (Wildman–Crippen LogP) is 6.46. The summed E-state index contributed by atoms with van der Waals surface area (Å²) in [5, 5.41) is 0. The summed E-state index contributed by atoms with van der Waals surface area (Å²) in [4.78, 5) is 23.9. The Morgan fingerprint density at radius 1 is 1.03 bits per heavy atom. The van der Waals surface area contributed by atoms with Crippen molar-refractivity contribution < 1.29 is 14.3 Å². The van der Waals surface area contributed by atoms with Gasteiger partial charge < -0.3 is 4.74 Å². The van der Waals surface area contributed by atoms with Crippen LogP contribution in [0.1, 0.15) is 106 Å². The van der Waals surface area contributed by atoms with Crippen LogP contribution in [0.2, 0.25) is 0 Å². The summed E-state index contributed by atoms with van der Waals surface area (Å²) in [6.07, 6.45) is 18.0. The van der Waals surface area contributed by atoms with Crippen LogP contribution < -0.4 is 0 Å². The van der Waals surface area contributed by atoms with E-state index in [1.165, 1.54) is 69.8 Å². The van der Waals surface area contributed by atoms with Crippen molar-refractivity contribution in [1.82, 2.24) is 0 Å². The van der Waals surface area contributed by atoms with Gasteiger partial charge in [-0.2, -0.15) is 0 Å². The van der Waals surface area contributed by atoms with Gasteiger partial charge in [0.25, 0.3) is 0 Å². The molecular formula is C26H36O3. The Bertz CT molecular complexity index is 675. The van der Waals surface area contributed by atoms with Crippen LogP contribution in [0.15, 0.2) is 24.3 Å². The third-order valence-electron chi connectivity index (χ3n) is 6.24. The molecule has 0 N–H and O–H groups in total. The van der Waals surface area contributed by atoms with Gasteiger partial charge >= 0.3 is 5.97 Å². The van der Waals surface area contributed by atoms with Crippen LogP contribution in [-0.2, 0) is 9.53 Å². The first-order valence-electron chi connectivity index (χ1n) is 11.4. The van der Waals surface area contributed by atoms with E-state index in [1.54, 1.807) is 6.92 Å². The van der Waals surface area contributed by atoms with Gasteiger partial charge in [0.15, 0.2) is 6.10 Å². The van der Waals surface area contributed by atoms with Crippen LogP contribution in [-0.4, -0.2) is 17.9 Å². The maximum absolute atomic E-state index is 12.3. The standard InChI is InChI=1S/C26H36O3/c1-4-7-8-9-10-11-20-12-14-21(15-13-20)22-16-18-23(19-17-22)26(28)29-25(6-3)24(27)5-2/h2,16-21,25H,4,6-15H2,1,3H3. The zero-order valence-electron chi connectivity index (χ0n) is 18.1. The zero-order valence-corrected chi connectivity index (χ0v) is 18.1. The predicted molar refractivity (Wildman–Crippen MR) is 118 cm³/mol. The molecule has 1 saturated carbocycles. The fourth-order valence-electron chi connectivity index (χ4n) is 4.32. The van der Waals surface area contributed by atoms with Crippen molar-refractivity contribution in [3.8, 4) is 12.3 Å². The molecule has 3 nitrogen and oxygen atoms in total. The van der Waals surface area contributed by atoms with Crippen molar-refractivity contribution in [3.63, 3.8) is 0 Å². The number of benzene rings is 1. The summed E-state index contributed by atoms with van der Waals surface area (Å²) < 4.78 is 5.27. The molecule has 1 aliphatic carbocycles. The lowest BCUT2D eigenvalue weighted by Crippen LogP contribution is -2.25. The molecule has 0 heterocycles. The van der Waals surface area contributed by atoms with E-state index in [0.717, 1.165) is 5.92 Å². The van der Waals surface area contributed by atoms with Crippen molar-refractivity contribution in [3.05, 3.63) is 35.4 Å². The minimum absolute atomic E-state index is 0.384. The van der Waals surface area contributed by atoms with Gasteiger partial charge in [0, 0.05) is 0 Å². The number of ketones is 1. The van der Waals surface area contributed by atoms with Crippen LogP contribution in [0.25, 0.3) is 0 Å². The number of rotatable bonds is 11. The summed E-state index contributed by atoms with van der Waals surface area (Å²) in [6.45, 7) is 4.04. The van der Waals surface area contributed by atoms with Crippen LogP contribution in [0.3, 0.4) is 0 Å². The van der Waals surface area contributed by atoms with Gasteiger partial charge in [-0.05, 0) is 67.6 Å². The molecule has 2 rings (SSSR count). The average Bonchev–Trinajstić information content (AvgIpc) is 2.77. The van der Waals surface area contributed by atoms with E-state index in [-0.39, 0.29) is 0 Å². The highest BCUT2D eigenvalue weighted by Crippen LogP contribution is 2.37. The number of hydrogen-bond acceptors (Lipinski definition) is 3. The second kappa shape index (κ2) is 12.5. The van der Waals surface area contributed by atoms with Crippen LogP contribution >= 0.6 is 0 Å². The number of esters is 1. The molecule has 1 fully saturated rings. The van der Waals surface area contributed by atoms with E-state index in [4.69, 9.17) is 11.2 Å². The lowest BCUT2D eigenvalue weighted by molar-refractivity contribution is -0.122. The third kappa shape index (κ3) is 7.35. The number of carbonyl (C=O) groups excluding carboxylic acids is 2. The van der Waals surface area contributed by atoms with Gasteiger partial charge in [-0.3, -0.25) is 4.79 Å². The minimum atomic E-state index is -0.857. The van der Waals surface area contributed by atoms with Crippen molar-refractivity contribution in [2.24, 2.45) is 5.92 Å². The first kappa shape index (κ1) is 23.2. The van der Waals surface area contributed by atoms with E-state index in [9.17, 15) is 9.59 Å². The van der Waals surface area contributed by atoms with Gasteiger partial charge in [0.1, 0.15) is 0 Å². The molecule has 1 aromatic carbocycles. The Labute approximate surface area is 176 Å². The van der Waals surface area contributed by atoms with E-state index >= 15 is 0 Å². The first-order valence-corrected chi connectivity index (χ1v) is 11.4. The second-order valence-electron chi connectivity index (χ2n) is 8.35. The Kier molecular flexibility index (Phi) is 9.98. The number of hydrogen-bond donors (Lipinski definition) is 0.